The fourth-order valence-electron chi connectivity index (χ4n) is 4.91. The molecule has 3 N–H and O–H groups in total. The minimum Gasteiger partial charge on any atom is -0.508 e. The number of aromatic hydroxyl groups is 2. The molecule has 0 radical (unpaired) electrons. The molecule has 0 spiro atoms. The number of aliphatic hydroxyl groups is 1. The van der Waals surface area contributed by atoms with Gasteiger partial charge < -0.3 is 20.2 Å². The molecule has 3 atom stereocenters. The van der Waals surface area contributed by atoms with Gasteiger partial charge in [-0.3, -0.25) is 0 Å². The Hall–Kier alpha value is -3.74. The molecule has 0 amide bonds. The van der Waals surface area contributed by atoms with E-state index in [4.69, 9.17) is 12.2 Å². The van der Waals surface area contributed by atoms with Gasteiger partial charge in [-0.25, -0.2) is 4.39 Å². The van der Waals surface area contributed by atoms with Crippen LogP contribution >= 0.6 is 12.2 Å². The average molecular weight is 500 g/mol. The Morgan fingerprint density at radius 1 is 0.833 bits per heavy atom. The molecule has 1 fully saturated rings. The van der Waals surface area contributed by atoms with Crippen LogP contribution < -0.4 is 4.90 Å². The van der Waals surface area contributed by atoms with Gasteiger partial charge in [-0.15, -0.1) is 0 Å². The number of hydrogen-bond donors (Lipinski definition) is 3. The van der Waals surface area contributed by atoms with Crippen molar-refractivity contribution in [1.82, 2.24) is 0 Å². The van der Waals surface area contributed by atoms with E-state index in [1.54, 1.807) is 36.4 Å². The molecule has 1 aliphatic rings. The van der Waals surface area contributed by atoms with Crippen LogP contribution in [0.4, 0.5) is 10.1 Å². The fourth-order valence-corrected chi connectivity index (χ4v) is 5.38. The minimum absolute atomic E-state index is 0.0622. The minimum atomic E-state index is -0.735. The number of benzene rings is 4. The molecule has 4 aromatic rings. The summed E-state index contributed by atoms with van der Waals surface area (Å²) in [7, 11) is 0. The first-order chi connectivity index (χ1) is 17.4. The molecule has 0 unspecified atom stereocenters. The molecule has 6 heteroatoms. The van der Waals surface area contributed by atoms with Crippen molar-refractivity contribution in [3.8, 4) is 22.6 Å². The molecule has 1 aliphatic heterocycles. The molecule has 36 heavy (non-hydrogen) atoms. The first-order valence-corrected chi connectivity index (χ1v) is 12.3. The van der Waals surface area contributed by atoms with Crippen LogP contribution in [0.25, 0.3) is 11.1 Å². The molecule has 5 rings (SSSR count). The maximum Gasteiger partial charge on any atom is 0.123 e. The summed E-state index contributed by atoms with van der Waals surface area (Å²) in [6.45, 7) is 0. The Morgan fingerprint density at radius 2 is 1.56 bits per heavy atom. The van der Waals surface area contributed by atoms with Gasteiger partial charge in [0.2, 0.25) is 0 Å². The monoisotopic (exact) mass is 499 g/mol. The van der Waals surface area contributed by atoms with E-state index in [9.17, 15) is 19.7 Å². The van der Waals surface area contributed by atoms with Crippen LogP contribution in [0.3, 0.4) is 0 Å². The normalized spacial score (nSPS) is 18.1. The topological polar surface area (TPSA) is 63.9 Å². The van der Waals surface area contributed by atoms with Gasteiger partial charge >= 0.3 is 0 Å². The van der Waals surface area contributed by atoms with Crippen molar-refractivity contribution in [3.63, 3.8) is 0 Å². The number of nitrogens with zero attached hydrogens (tertiary/aromatic N) is 1. The van der Waals surface area contributed by atoms with Gasteiger partial charge in [0.05, 0.1) is 17.1 Å². The zero-order valence-corrected chi connectivity index (χ0v) is 20.3. The first-order valence-electron chi connectivity index (χ1n) is 11.9. The largest absolute Gasteiger partial charge is 0.508 e. The van der Waals surface area contributed by atoms with Crippen molar-refractivity contribution in [2.75, 3.05) is 4.90 Å². The maximum absolute atomic E-state index is 13.3. The van der Waals surface area contributed by atoms with Gasteiger partial charge in [0, 0.05) is 17.2 Å². The Kier molecular flexibility index (Phi) is 6.72. The third-order valence-corrected chi connectivity index (χ3v) is 7.28. The van der Waals surface area contributed by atoms with Gasteiger partial charge in [0.25, 0.3) is 0 Å². The molecule has 1 saturated heterocycles. The molecule has 4 aromatic carbocycles. The van der Waals surface area contributed by atoms with E-state index in [1.807, 2.05) is 53.4 Å². The van der Waals surface area contributed by atoms with E-state index in [1.165, 1.54) is 12.1 Å². The van der Waals surface area contributed by atoms with E-state index in [-0.39, 0.29) is 29.3 Å². The molecular formula is C30H26FNO3S. The molecular weight excluding hydrogens is 473 g/mol. The molecule has 0 saturated carbocycles. The van der Waals surface area contributed by atoms with Crippen LogP contribution in [-0.2, 0) is 0 Å². The summed E-state index contributed by atoms with van der Waals surface area (Å²) in [6.07, 6.45) is 0.332. The van der Waals surface area contributed by atoms with Crippen molar-refractivity contribution in [3.05, 3.63) is 114 Å². The summed E-state index contributed by atoms with van der Waals surface area (Å²) < 4.78 is 13.3. The standard InChI is InChI=1S/C30H26FNO3S/c31-22-12-9-19(10-13-22)27(34)16-15-26-29(32(30(26)36)23-6-2-1-3-7-23)25-14-11-21(18-28(25)35)20-5-4-8-24(33)17-20/h1-14,17-18,26-27,29,33-35H,15-16H2/t26-,27+,29-/m1/s1. The lowest BCUT2D eigenvalue weighted by Crippen LogP contribution is -2.54. The smallest absolute Gasteiger partial charge is 0.123 e. The fraction of sp³-hybridized carbons (Fsp3) is 0.167. The zero-order chi connectivity index (χ0) is 25.2. The third kappa shape index (κ3) is 4.70. The predicted molar refractivity (Wildman–Crippen MR) is 144 cm³/mol. The second-order valence-corrected chi connectivity index (χ2v) is 9.48. The molecule has 0 aromatic heterocycles. The highest BCUT2D eigenvalue weighted by atomic mass is 32.1. The molecule has 0 bridgehead atoms. The summed E-state index contributed by atoms with van der Waals surface area (Å²) in [4.78, 5) is 2.81. The Labute approximate surface area is 214 Å². The van der Waals surface area contributed by atoms with E-state index >= 15 is 0 Å². The quantitative estimate of drug-likeness (QED) is 0.241. The van der Waals surface area contributed by atoms with Crippen molar-refractivity contribution in [1.29, 1.82) is 0 Å². The lowest BCUT2D eigenvalue weighted by atomic mass is 9.78. The molecule has 182 valence electrons. The van der Waals surface area contributed by atoms with Crippen molar-refractivity contribution < 1.29 is 19.7 Å². The van der Waals surface area contributed by atoms with Crippen LogP contribution in [0, 0.1) is 11.7 Å². The number of thiocarbonyl (C=S) groups is 1. The summed E-state index contributed by atoms with van der Waals surface area (Å²) in [5.41, 5.74) is 3.96. The summed E-state index contributed by atoms with van der Waals surface area (Å²) in [5, 5.41) is 31.6. The Bertz CT molecular complexity index is 1380. The second kappa shape index (κ2) is 10.1. The van der Waals surface area contributed by atoms with Crippen LogP contribution in [0.1, 0.15) is 36.1 Å². The van der Waals surface area contributed by atoms with Gasteiger partial charge in [-0.1, -0.05) is 66.8 Å². The zero-order valence-electron chi connectivity index (χ0n) is 19.5. The van der Waals surface area contributed by atoms with E-state index in [0.29, 0.717) is 18.4 Å². The van der Waals surface area contributed by atoms with Crippen LogP contribution in [0.5, 0.6) is 11.5 Å². The highest BCUT2D eigenvalue weighted by Gasteiger charge is 2.46. The summed E-state index contributed by atoms with van der Waals surface area (Å²) in [6, 6.07) is 27.9. The third-order valence-electron chi connectivity index (χ3n) is 6.78. The maximum atomic E-state index is 13.3. The number of anilines is 1. The SMILES string of the molecule is Oc1cccc(-c2ccc([C@@H]3[C@@H](CC[C@H](O)c4ccc(F)cc4)C(=S)N3c3ccccc3)c(O)c2)c1. The first kappa shape index (κ1) is 24.0. The predicted octanol–water partition coefficient (Wildman–Crippen LogP) is 6.92. The number of phenols is 2. The van der Waals surface area contributed by atoms with Crippen molar-refractivity contribution in [2.24, 2.45) is 5.92 Å². The number of hydrogen-bond acceptors (Lipinski definition) is 4. The van der Waals surface area contributed by atoms with Crippen LogP contribution in [0.2, 0.25) is 0 Å². The summed E-state index contributed by atoms with van der Waals surface area (Å²) in [5.74, 6) is -0.0917. The molecule has 1 heterocycles. The second-order valence-electron chi connectivity index (χ2n) is 9.06. The Balaban J connectivity index is 1.43. The highest BCUT2D eigenvalue weighted by molar-refractivity contribution is 7.80. The number of para-hydroxylation sites is 1. The summed E-state index contributed by atoms with van der Waals surface area (Å²) >= 11 is 5.82. The van der Waals surface area contributed by atoms with Crippen molar-refractivity contribution >= 4 is 22.9 Å². The highest BCUT2D eigenvalue weighted by Crippen LogP contribution is 2.49. The number of aliphatic hydroxyl groups excluding tert-OH is 1. The van der Waals surface area contributed by atoms with Crippen LogP contribution in [0.15, 0.2) is 97.1 Å². The van der Waals surface area contributed by atoms with Crippen LogP contribution in [-0.4, -0.2) is 20.3 Å². The van der Waals surface area contributed by atoms with Gasteiger partial charge in [0.15, 0.2) is 0 Å². The lowest BCUT2D eigenvalue weighted by Gasteiger charge is -2.50. The van der Waals surface area contributed by atoms with Gasteiger partial charge in [0.1, 0.15) is 17.3 Å². The molecule has 0 aliphatic carbocycles. The average Bonchev–Trinajstić information content (AvgIpc) is 2.88. The van der Waals surface area contributed by atoms with E-state index in [2.05, 4.69) is 0 Å². The Morgan fingerprint density at radius 3 is 2.25 bits per heavy atom. The van der Waals surface area contributed by atoms with Crippen molar-refractivity contribution in [2.45, 2.75) is 25.0 Å². The number of rotatable bonds is 7. The lowest BCUT2D eigenvalue weighted by molar-refractivity contribution is 0.157. The van der Waals surface area contributed by atoms with Gasteiger partial charge in [-0.2, -0.15) is 0 Å². The van der Waals surface area contributed by atoms with E-state index in [0.717, 1.165) is 27.4 Å². The van der Waals surface area contributed by atoms with E-state index < -0.39 is 6.10 Å². The number of phenolic OH excluding ortho intramolecular Hbond substituents is 2. The number of halogens is 1. The molecule has 4 nitrogen and oxygen atoms in total. The van der Waals surface area contributed by atoms with Gasteiger partial charge in [-0.05, 0) is 72.0 Å².